The molecule has 31 heavy (non-hydrogen) atoms. The van der Waals surface area contributed by atoms with Gasteiger partial charge in [-0.25, -0.2) is 9.97 Å². The third kappa shape index (κ3) is 4.89. The van der Waals surface area contributed by atoms with Crippen LogP contribution in [0.5, 0.6) is 11.6 Å². The minimum atomic E-state index is -0.186. The molecule has 0 bridgehead atoms. The number of anilines is 2. The lowest BCUT2D eigenvalue weighted by Gasteiger charge is -2.09. The van der Waals surface area contributed by atoms with Crippen LogP contribution in [0.4, 0.5) is 10.3 Å². The molecule has 0 aliphatic rings. The highest BCUT2D eigenvalue weighted by atomic mass is 32.1. The number of carbonyl (C=O) groups excluding carboxylic acids is 1. The van der Waals surface area contributed by atoms with Crippen molar-refractivity contribution in [3.05, 3.63) is 36.0 Å². The minimum absolute atomic E-state index is 0.186. The summed E-state index contributed by atoms with van der Waals surface area (Å²) in [5.41, 5.74) is 8.13. The van der Waals surface area contributed by atoms with E-state index < -0.39 is 0 Å². The molecule has 4 rings (SSSR count). The zero-order valence-electron chi connectivity index (χ0n) is 16.9. The Morgan fingerprint density at radius 1 is 1.13 bits per heavy atom. The average molecular weight is 457 g/mol. The number of hydrogen-bond acceptors (Lipinski definition) is 10. The molecular formula is C20H20N6O3S2. The Hall–Kier alpha value is -3.31. The molecule has 160 valence electrons. The first-order valence-corrected chi connectivity index (χ1v) is 11.2. The first kappa shape index (κ1) is 20.9. The van der Waals surface area contributed by atoms with Gasteiger partial charge in [-0.1, -0.05) is 28.7 Å². The molecule has 1 aromatic carbocycles. The van der Waals surface area contributed by atoms with Crippen molar-refractivity contribution >= 4 is 49.1 Å². The molecule has 0 aliphatic heterocycles. The molecule has 0 saturated carbocycles. The van der Waals surface area contributed by atoms with Gasteiger partial charge >= 0.3 is 0 Å². The molecule has 9 nitrogen and oxygen atoms in total. The number of thiazole rings is 1. The highest BCUT2D eigenvalue weighted by Crippen LogP contribution is 2.35. The van der Waals surface area contributed by atoms with Gasteiger partial charge in [0.1, 0.15) is 5.75 Å². The van der Waals surface area contributed by atoms with Gasteiger partial charge in [-0.2, -0.15) is 0 Å². The number of pyridine rings is 1. The van der Waals surface area contributed by atoms with E-state index in [9.17, 15) is 4.79 Å². The van der Waals surface area contributed by atoms with Crippen LogP contribution >= 0.6 is 22.7 Å². The van der Waals surface area contributed by atoms with Crippen molar-refractivity contribution in [3.8, 4) is 22.2 Å². The molecule has 0 aliphatic carbocycles. The monoisotopic (exact) mass is 456 g/mol. The van der Waals surface area contributed by atoms with Crippen LogP contribution in [-0.2, 0) is 11.2 Å². The summed E-state index contributed by atoms with van der Waals surface area (Å²) < 4.78 is 12.1. The van der Waals surface area contributed by atoms with Crippen molar-refractivity contribution in [2.75, 3.05) is 24.3 Å². The van der Waals surface area contributed by atoms with Crippen molar-refractivity contribution < 1.29 is 14.3 Å². The number of nitrogen functional groups attached to an aromatic ring is 1. The SMILES string of the molecule is CCOc1cc(OCC)c(-c2nnc(NC(=O)Cc3ccc4nc(N)sc4c3)s2)cn1. The van der Waals surface area contributed by atoms with Crippen molar-refractivity contribution in [2.45, 2.75) is 20.3 Å². The first-order valence-electron chi connectivity index (χ1n) is 9.60. The van der Waals surface area contributed by atoms with Gasteiger partial charge in [0.25, 0.3) is 0 Å². The van der Waals surface area contributed by atoms with Crippen LogP contribution in [0, 0.1) is 0 Å². The number of aromatic nitrogens is 4. The maximum atomic E-state index is 12.5. The van der Waals surface area contributed by atoms with Gasteiger partial charge in [-0.3, -0.25) is 4.79 Å². The number of carbonyl (C=O) groups is 1. The molecule has 4 aromatic rings. The van der Waals surface area contributed by atoms with Crippen LogP contribution in [0.2, 0.25) is 0 Å². The van der Waals surface area contributed by atoms with Gasteiger partial charge in [0.05, 0.1) is 35.4 Å². The molecule has 0 fully saturated rings. The standard InChI is InChI=1S/C20H20N6O3S2/c1-3-28-14-9-17(29-4-2)22-10-12(14)18-25-26-20(31-18)24-16(27)8-11-5-6-13-15(7-11)30-19(21)23-13/h5-7,9-10H,3-4,8H2,1-2H3,(H2,21,23)(H,24,26,27). The molecule has 0 spiro atoms. The van der Waals surface area contributed by atoms with Gasteiger partial charge in [-0.15, -0.1) is 10.2 Å². The smallest absolute Gasteiger partial charge is 0.230 e. The number of nitrogens with one attached hydrogen (secondary N) is 1. The molecule has 3 aromatic heterocycles. The summed E-state index contributed by atoms with van der Waals surface area (Å²) in [6.45, 7) is 4.78. The zero-order chi connectivity index (χ0) is 21.8. The number of nitrogens with zero attached hydrogens (tertiary/aromatic N) is 4. The predicted molar refractivity (Wildman–Crippen MR) is 122 cm³/mol. The van der Waals surface area contributed by atoms with E-state index in [1.807, 2.05) is 32.0 Å². The normalized spacial score (nSPS) is 10.9. The van der Waals surface area contributed by atoms with Gasteiger partial charge in [0.2, 0.25) is 16.9 Å². The molecule has 0 radical (unpaired) electrons. The van der Waals surface area contributed by atoms with E-state index in [2.05, 4.69) is 25.5 Å². The molecule has 0 atom stereocenters. The van der Waals surface area contributed by atoms with Crippen molar-refractivity contribution in [3.63, 3.8) is 0 Å². The third-order valence-electron chi connectivity index (χ3n) is 4.17. The second-order valence-electron chi connectivity index (χ2n) is 6.38. The van der Waals surface area contributed by atoms with Crippen LogP contribution in [0.15, 0.2) is 30.5 Å². The number of amides is 1. The Kier molecular flexibility index (Phi) is 6.23. The molecule has 0 unspecified atom stereocenters. The molecule has 3 N–H and O–H groups in total. The molecular weight excluding hydrogens is 436 g/mol. The van der Waals surface area contributed by atoms with Crippen LogP contribution in [0.25, 0.3) is 20.8 Å². The minimum Gasteiger partial charge on any atom is -0.493 e. The Morgan fingerprint density at radius 2 is 1.97 bits per heavy atom. The topological polar surface area (TPSA) is 125 Å². The molecule has 1 amide bonds. The van der Waals surface area contributed by atoms with E-state index in [-0.39, 0.29) is 12.3 Å². The summed E-state index contributed by atoms with van der Waals surface area (Å²) in [7, 11) is 0. The van der Waals surface area contributed by atoms with E-state index >= 15 is 0 Å². The summed E-state index contributed by atoms with van der Waals surface area (Å²) in [5.74, 6) is 0.897. The second-order valence-corrected chi connectivity index (χ2v) is 8.42. The number of ether oxygens (including phenoxy) is 2. The lowest BCUT2D eigenvalue weighted by molar-refractivity contribution is -0.115. The maximum Gasteiger partial charge on any atom is 0.230 e. The Bertz CT molecular complexity index is 1220. The van der Waals surface area contributed by atoms with E-state index in [4.69, 9.17) is 15.2 Å². The van der Waals surface area contributed by atoms with Crippen LogP contribution in [0.3, 0.4) is 0 Å². The lowest BCUT2D eigenvalue weighted by atomic mass is 10.1. The quantitative estimate of drug-likeness (QED) is 0.410. The van der Waals surface area contributed by atoms with Gasteiger partial charge < -0.3 is 20.5 Å². The fraction of sp³-hybridized carbons (Fsp3) is 0.250. The largest absolute Gasteiger partial charge is 0.493 e. The number of nitrogens with two attached hydrogens (primary N) is 1. The molecule has 3 heterocycles. The van der Waals surface area contributed by atoms with Gasteiger partial charge in [0.15, 0.2) is 10.1 Å². The van der Waals surface area contributed by atoms with Gasteiger partial charge in [0, 0.05) is 12.3 Å². The van der Waals surface area contributed by atoms with Crippen molar-refractivity contribution in [1.29, 1.82) is 0 Å². The van der Waals surface area contributed by atoms with Crippen LogP contribution in [-0.4, -0.2) is 39.3 Å². The highest BCUT2D eigenvalue weighted by molar-refractivity contribution is 7.22. The average Bonchev–Trinajstić information content (AvgIpc) is 3.34. The number of benzene rings is 1. The van der Waals surface area contributed by atoms with E-state index in [0.29, 0.717) is 45.7 Å². The zero-order valence-corrected chi connectivity index (χ0v) is 18.5. The Morgan fingerprint density at radius 3 is 2.77 bits per heavy atom. The second kappa shape index (κ2) is 9.23. The summed E-state index contributed by atoms with van der Waals surface area (Å²) >= 11 is 2.65. The maximum absolute atomic E-state index is 12.5. The van der Waals surface area contributed by atoms with Crippen LogP contribution in [0.1, 0.15) is 19.4 Å². The summed E-state index contributed by atoms with van der Waals surface area (Å²) in [4.78, 5) is 21.0. The fourth-order valence-corrected chi connectivity index (χ4v) is 4.48. The number of rotatable bonds is 8. The van der Waals surface area contributed by atoms with Crippen LogP contribution < -0.4 is 20.5 Å². The summed E-state index contributed by atoms with van der Waals surface area (Å²) in [6, 6.07) is 7.38. The molecule has 11 heteroatoms. The first-order chi connectivity index (χ1) is 15.1. The van der Waals surface area contributed by atoms with Gasteiger partial charge in [-0.05, 0) is 31.5 Å². The lowest BCUT2D eigenvalue weighted by Crippen LogP contribution is -2.14. The summed E-state index contributed by atoms with van der Waals surface area (Å²) in [5, 5.41) is 12.6. The third-order valence-corrected chi connectivity index (χ3v) is 5.89. The number of hydrogen-bond donors (Lipinski definition) is 2. The van der Waals surface area contributed by atoms with Crippen molar-refractivity contribution in [2.24, 2.45) is 0 Å². The molecule has 0 saturated heterocycles. The van der Waals surface area contributed by atoms with E-state index in [1.165, 1.54) is 22.7 Å². The Balaban J connectivity index is 1.47. The van der Waals surface area contributed by atoms with Crippen molar-refractivity contribution in [1.82, 2.24) is 20.2 Å². The highest BCUT2D eigenvalue weighted by Gasteiger charge is 2.16. The predicted octanol–water partition coefficient (Wildman–Crippen LogP) is 3.77. The number of fused-ring (bicyclic) bond motifs is 1. The Labute approximate surface area is 186 Å². The van der Waals surface area contributed by atoms with E-state index in [1.54, 1.807) is 12.3 Å². The fourth-order valence-electron chi connectivity index (χ4n) is 2.91. The summed E-state index contributed by atoms with van der Waals surface area (Å²) in [6.07, 6.45) is 1.84. The van der Waals surface area contributed by atoms with E-state index in [0.717, 1.165) is 15.8 Å².